The molecule has 1 aliphatic rings. The molecule has 0 aromatic heterocycles. The second kappa shape index (κ2) is 11.5. The van der Waals surface area contributed by atoms with Crippen LogP contribution in [0.5, 0.6) is 0 Å². The summed E-state index contributed by atoms with van der Waals surface area (Å²) in [5.74, 6) is 0. The summed E-state index contributed by atoms with van der Waals surface area (Å²) < 4.78 is 13.6. The van der Waals surface area contributed by atoms with Gasteiger partial charge in [-0.2, -0.15) is 0 Å². The van der Waals surface area contributed by atoms with Gasteiger partial charge in [-0.15, -0.1) is 0 Å². The molecule has 2 aromatic rings. The van der Waals surface area contributed by atoms with Crippen LogP contribution in [0, 0.1) is 0 Å². The predicted octanol–water partition coefficient (Wildman–Crippen LogP) is 5.84. The van der Waals surface area contributed by atoms with Gasteiger partial charge in [0.15, 0.2) is 0 Å². The Hall–Kier alpha value is -1.85. The van der Waals surface area contributed by atoms with Crippen LogP contribution in [0.3, 0.4) is 0 Å². The summed E-state index contributed by atoms with van der Waals surface area (Å²) in [6.45, 7) is 11.6. The van der Waals surface area contributed by atoms with Gasteiger partial charge in [0, 0.05) is 0 Å². The molecule has 1 aliphatic carbocycles. The van der Waals surface area contributed by atoms with Crippen molar-refractivity contribution in [1.82, 2.24) is 5.32 Å². The summed E-state index contributed by atoms with van der Waals surface area (Å²) in [6.07, 6.45) is 5.87. The first kappa shape index (κ1) is 25.8. The molecule has 2 aromatic carbocycles. The van der Waals surface area contributed by atoms with Crippen molar-refractivity contribution in [1.29, 1.82) is 0 Å². The van der Waals surface area contributed by atoms with Gasteiger partial charge in [0.2, 0.25) is 0 Å². The van der Waals surface area contributed by atoms with E-state index in [-0.39, 0.29) is 44.8 Å². The Bertz CT molecular complexity index is 912. The van der Waals surface area contributed by atoms with Crippen molar-refractivity contribution in [3.8, 4) is 0 Å². The van der Waals surface area contributed by atoms with Crippen LogP contribution in [0.25, 0.3) is 0 Å². The molecule has 0 saturated carbocycles. The quantitative estimate of drug-likeness (QED) is 0.362. The Labute approximate surface area is 206 Å². The van der Waals surface area contributed by atoms with E-state index in [9.17, 15) is 4.79 Å². The molecule has 0 saturated heterocycles. The Morgan fingerprint density at radius 2 is 1.64 bits per heavy atom. The summed E-state index contributed by atoms with van der Waals surface area (Å²) in [5, 5.41) is 3.28. The number of carbonyl (C=O) groups excluding carboxylic acids is 1. The molecule has 0 fully saturated rings. The van der Waals surface area contributed by atoms with Crippen LogP contribution < -0.4 is 9.78 Å². The third-order valence-electron chi connectivity index (χ3n) is 6.39. The molecule has 33 heavy (non-hydrogen) atoms. The SMILES string of the molecule is CC(C)(C)[Si](C)(C)O[C@H]1C=C[C@H]([Se]c2ccccc2)C[C@@H](NC(=O)OCc2ccccc2)C1. The first-order chi connectivity index (χ1) is 15.6. The van der Waals surface area contributed by atoms with Gasteiger partial charge in [0.25, 0.3) is 0 Å². The van der Waals surface area contributed by atoms with E-state index in [0.717, 1.165) is 18.4 Å². The van der Waals surface area contributed by atoms with Crippen molar-refractivity contribution in [2.24, 2.45) is 0 Å². The zero-order chi connectivity index (χ0) is 23.9. The monoisotopic (exact) mass is 531 g/mol. The van der Waals surface area contributed by atoms with Crippen molar-refractivity contribution in [2.45, 2.75) is 75.3 Å². The maximum atomic E-state index is 12.6. The van der Waals surface area contributed by atoms with Crippen molar-refractivity contribution in [2.75, 3.05) is 0 Å². The molecule has 1 N–H and O–H groups in total. The van der Waals surface area contributed by atoms with Crippen molar-refractivity contribution < 1.29 is 14.0 Å². The minimum absolute atomic E-state index is 0.00175. The molecule has 0 unspecified atom stereocenters. The zero-order valence-electron chi connectivity index (χ0n) is 20.4. The van der Waals surface area contributed by atoms with Gasteiger partial charge in [-0.05, 0) is 0 Å². The first-order valence-corrected chi connectivity index (χ1v) is 16.4. The third kappa shape index (κ3) is 8.15. The molecule has 0 bridgehead atoms. The summed E-state index contributed by atoms with van der Waals surface area (Å²) in [7, 11) is -1.93. The summed E-state index contributed by atoms with van der Waals surface area (Å²) in [5.41, 5.74) is 0.986. The second-order valence-electron chi connectivity index (χ2n) is 10.1. The molecule has 0 radical (unpaired) electrons. The molecule has 3 rings (SSSR count). The number of alkyl carbamates (subject to hydrolysis) is 1. The average Bonchev–Trinajstić information content (AvgIpc) is 2.94. The molecular formula is C27H37NO3SeSi. The minimum atomic E-state index is -1.93. The molecular weight excluding hydrogens is 493 g/mol. The third-order valence-corrected chi connectivity index (χ3v) is 13.4. The van der Waals surface area contributed by atoms with E-state index in [1.165, 1.54) is 4.46 Å². The molecule has 4 nitrogen and oxygen atoms in total. The molecule has 0 spiro atoms. The number of hydrogen-bond acceptors (Lipinski definition) is 3. The second-order valence-corrected chi connectivity index (χ2v) is 17.7. The average molecular weight is 531 g/mol. The van der Waals surface area contributed by atoms with Gasteiger partial charge in [-0.25, -0.2) is 0 Å². The number of rotatable bonds is 7. The Morgan fingerprint density at radius 3 is 2.27 bits per heavy atom. The van der Waals surface area contributed by atoms with Crippen molar-refractivity contribution in [3.05, 3.63) is 78.4 Å². The van der Waals surface area contributed by atoms with Crippen LogP contribution in [0.1, 0.15) is 39.2 Å². The molecule has 0 heterocycles. The normalized spacial score (nSPS) is 21.3. The maximum absolute atomic E-state index is 12.6. The van der Waals surface area contributed by atoms with Crippen LogP contribution in [-0.2, 0) is 15.8 Å². The van der Waals surface area contributed by atoms with E-state index in [1.54, 1.807) is 0 Å². The summed E-state index contributed by atoms with van der Waals surface area (Å²) in [6, 6.07) is 20.4. The van der Waals surface area contributed by atoms with Crippen LogP contribution in [0.2, 0.25) is 22.9 Å². The number of carbonyl (C=O) groups is 1. The van der Waals surface area contributed by atoms with Gasteiger partial charge >= 0.3 is 207 Å². The number of hydrogen-bond donors (Lipinski definition) is 1. The number of amides is 1. The fraction of sp³-hybridized carbons (Fsp3) is 0.444. The summed E-state index contributed by atoms with van der Waals surface area (Å²) >= 11 is 0.289. The fourth-order valence-electron chi connectivity index (χ4n) is 3.52. The van der Waals surface area contributed by atoms with E-state index in [1.807, 2.05) is 30.3 Å². The van der Waals surface area contributed by atoms with E-state index in [4.69, 9.17) is 9.16 Å². The Morgan fingerprint density at radius 1 is 1.00 bits per heavy atom. The van der Waals surface area contributed by atoms with E-state index in [0.29, 0.717) is 4.82 Å². The van der Waals surface area contributed by atoms with E-state index < -0.39 is 8.32 Å². The Balaban J connectivity index is 1.68. The zero-order valence-corrected chi connectivity index (χ0v) is 23.1. The molecule has 178 valence electrons. The molecule has 1 amide bonds. The number of nitrogens with one attached hydrogen (secondary N) is 1. The number of benzene rings is 2. The first-order valence-electron chi connectivity index (χ1n) is 11.7. The van der Waals surface area contributed by atoms with Gasteiger partial charge < -0.3 is 0 Å². The number of ether oxygens (including phenoxy) is 1. The Kier molecular flexibility index (Phi) is 8.99. The van der Waals surface area contributed by atoms with Crippen LogP contribution in [0.4, 0.5) is 4.79 Å². The van der Waals surface area contributed by atoms with Crippen molar-refractivity contribution in [3.63, 3.8) is 0 Å². The predicted molar refractivity (Wildman–Crippen MR) is 140 cm³/mol. The fourth-order valence-corrected chi connectivity index (χ4v) is 7.24. The van der Waals surface area contributed by atoms with Crippen LogP contribution in [-0.4, -0.2) is 41.5 Å². The van der Waals surface area contributed by atoms with Gasteiger partial charge in [0.05, 0.1) is 0 Å². The van der Waals surface area contributed by atoms with Crippen LogP contribution >= 0.6 is 0 Å². The van der Waals surface area contributed by atoms with Gasteiger partial charge in [-0.3, -0.25) is 0 Å². The topological polar surface area (TPSA) is 47.6 Å². The summed E-state index contributed by atoms with van der Waals surface area (Å²) in [4.78, 5) is 13.0. The van der Waals surface area contributed by atoms with Gasteiger partial charge in [0.1, 0.15) is 0 Å². The van der Waals surface area contributed by atoms with Crippen molar-refractivity contribution >= 4 is 33.8 Å². The van der Waals surface area contributed by atoms with Crippen LogP contribution in [0.15, 0.2) is 72.8 Å². The number of allylic oxidation sites excluding steroid dienone is 1. The van der Waals surface area contributed by atoms with E-state index >= 15 is 0 Å². The molecule has 3 atom stereocenters. The van der Waals surface area contributed by atoms with E-state index in [2.05, 4.69) is 81.7 Å². The molecule has 0 aliphatic heterocycles. The van der Waals surface area contributed by atoms with Gasteiger partial charge in [-0.1, -0.05) is 0 Å². The standard InChI is InChI=1S/C27H37NO3SeSi/c1-27(2,3)33(4,5)31-23-16-17-25(32-24-14-10-7-11-15-24)19-22(18-23)28-26(29)30-20-21-12-8-6-9-13-21/h6-17,22-23,25H,18-20H2,1-5H3,(H,28,29)/t22-,23-,25-/m0/s1. The molecule has 6 heteroatoms.